The second-order valence-electron chi connectivity index (χ2n) is 10.8. The number of ether oxygens (including phenoxy) is 5. The van der Waals surface area contributed by atoms with Crippen molar-refractivity contribution < 1.29 is 23.7 Å². The zero-order chi connectivity index (χ0) is 29.0. The fraction of sp³-hybridized carbons (Fsp3) is 0.297. The number of hydrogen-bond acceptors (Lipinski definition) is 5. The van der Waals surface area contributed by atoms with E-state index in [1.807, 2.05) is 85.8 Å². The minimum absolute atomic E-state index is 0.328. The maximum absolute atomic E-state index is 6.77. The first-order valence-corrected chi connectivity index (χ1v) is 14.5. The molecule has 5 atom stereocenters. The first-order valence-electron chi connectivity index (χ1n) is 14.5. The minimum Gasteiger partial charge on any atom is -0.374 e. The molecule has 4 aromatic carbocycles. The van der Waals surface area contributed by atoms with Crippen molar-refractivity contribution in [3.63, 3.8) is 0 Å². The molecule has 0 aliphatic carbocycles. The van der Waals surface area contributed by atoms with Crippen molar-refractivity contribution in [1.29, 1.82) is 0 Å². The third-order valence-corrected chi connectivity index (χ3v) is 7.60. The lowest BCUT2D eigenvalue weighted by molar-refractivity contribution is -0.290. The molecule has 4 aromatic rings. The van der Waals surface area contributed by atoms with E-state index in [0.717, 1.165) is 22.3 Å². The van der Waals surface area contributed by atoms with Crippen molar-refractivity contribution in [2.75, 3.05) is 6.61 Å². The molecule has 0 saturated carbocycles. The highest BCUT2D eigenvalue weighted by atomic mass is 16.6. The highest BCUT2D eigenvalue weighted by molar-refractivity contribution is 5.18. The van der Waals surface area contributed by atoms with Gasteiger partial charge >= 0.3 is 0 Å². The Hall–Kier alpha value is -3.58. The maximum Gasteiger partial charge on any atom is 0.119 e. The van der Waals surface area contributed by atoms with Crippen LogP contribution in [0.15, 0.2) is 134 Å². The van der Waals surface area contributed by atoms with E-state index in [4.69, 9.17) is 23.7 Å². The summed E-state index contributed by atoms with van der Waals surface area (Å²) < 4.78 is 33.0. The van der Waals surface area contributed by atoms with Crippen LogP contribution in [0.4, 0.5) is 0 Å². The molecule has 42 heavy (non-hydrogen) atoms. The van der Waals surface area contributed by atoms with E-state index in [-0.39, 0.29) is 0 Å². The zero-order valence-electron chi connectivity index (χ0n) is 24.2. The van der Waals surface area contributed by atoms with Crippen LogP contribution < -0.4 is 0 Å². The van der Waals surface area contributed by atoms with Gasteiger partial charge in [0.15, 0.2) is 0 Å². The van der Waals surface area contributed by atoms with Crippen LogP contribution in [0.1, 0.15) is 29.2 Å². The summed E-state index contributed by atoms with van der Waals surface area (Å²) in [5.41, 5.74) is 3.47. The molecule has 5 nitrogen and oxygen atoms in total. The first kappa shape index (κ1) is 29.9. The Morgan fingerprint density at radius 3 is 1.45 bits per heavy atom. The Labute approximate surface area is 249 Å². The monoisotopic (exact) mass is 564 g/mol. The molecule has 0 bridgehead atoms. The van der Waals surface area contributed by atoms with E-state index in [1.165, 1.54) is 0 Å². The molecule has 1 saturated heterocycles. The molecule has 1 heterocycles. The summed E-state index contributed by atoms with van der Waals surface area (Å²) >= 11 is 0. The van der Waals surface area contributed by atoms with Gasteiger partial charge in [0, 0.05) is 0 Å². The molecule has 0 spiro atoms. The topological polar surface area (TPSA) is 46.2 Å². The molecule has 2 unspecified atom stereocenters. The van der Waals surface area contributed by atoms with E-state index >= 15 is 0 Å². The number of benzene rings is 4. The summed E-state index contributed by atoms with van der Waals surface area (Å²) in [6.45, 7) is 8.18. The summed E-state index contributed by atoms with van der Waals surface area (Å²) in [6.07, 6.45) is 0.000113. The fourth-order valence-electron chi connectivity index (χ4n) is 5.27. The lowest BCUT2D eigenvalue weighted by Gasteiger charge is -2.50. The second kappa shape index (κ2) is 15.1. The van der Waals surface area contributed by atoms with Crippen molar-refractivity contribution in [1.82, 2.24) is 0 Å². The highest BCUT2D eigenvalue weighted by Gasteiger charge is 2.53. The molecule has 1 fully saturated rings. The molecule has 218 valence electrons. The molecule has 0 aromatic heterocycles. The molecule has 1 aliphatic rings. The average Bonchev–Trinajstić information content (AvgIpc) is 3.05. The van der Waals surface area contributed by atoms with Gasteiger partial charge in [0.25, 0.3) is 0 Å². The van der Waals surface area contributed by atoms with E-state index in [9.17, 15) is 0 Å². The Kier molecular flexibility index (Phi) is 10.7. The van der Waals surface area contributed by atoms with Crippen LogP contribution in [0, 0.1) is 0 Å². The normalized spacial score (nSPS) is 23.8. The van der Waals surface area contributed by atoms with Crippen molar-refractivity contribution in [2.24, 2.45) is 0 Å². The van der Waals surface area contributed by atoms with Crippen LogP contribution in [0.2, 0.25) is 0 Å². The fourth-order valence-corrected chi connectivity index (χ4v) is 5.27. The highest BCUT2D eigenvalue weighted by Crippen LogP contribution is 2.37. The predicted molar refractivity (Wildman–Crippen MR) is 165 cm³/mol. The molecular formula is C37H40O5. The lowest BCUT2D eigenvalue weighted by Crippen LogP contribution is -2.65. The largest absolute Gasteiger partial charge is 0.374 e. The van der Waals surface area contributed by atoms with Gasteiger partial charge in [0.2, 0.25) is 0 Å². The molecule has 0 amide bonds. The average molecular weight is 565 g/mol. The van der Waals surface area contributed by atoms with Gasteiger partial charge in [-0.3, -0.25) is 0 Å². The van der Waals surface area contributed by atoms with Crippen molar-refractivity contribution in [3.05, 3.63) is 156 Å². The third kappa shape index (κ3) is 8.03. The Balaban J connectivity index is 1.42. The summed E-state index contributed by atoms with van der Waals surface area (Å²) in [5.74, 6) is 0. The zero-order valence-corrected chi connectivity index (χ0v) is 24.2. The summed E-state index contributed by atoms with van der Waals surface area (Å²) in [7, 11) is 0. The Morgan fingerprint density at radius 2 is 1.00 bits per heavy atom. The third-order valence-electron chi connectivity index (χ3n) is 7.60. The Morgan fingerprint density at radius 1 is 0.595 bits per heavy atom. The van der Waals surface area contributed by atoms with Crippen LogP contribution in [0.5, 0.6) is 0 Å². The molecular weight excluding hydrogens is 524 g/mol. The minimum atomic E-state index is -0.844. The predicted octanol–water partition coefficient (Wildman–Crippen LogP) is 7.30. The lowest BCUT2D eigenvalue weighted by atomic mass is 9.85. The standard InChI is InChI=1S/C37H40O5/c1-3-37(2)36(41-27-32-22-14-7-15-23-32)35(40-26-31-20-12-6-13-21-31)34(39-25-30-18-10-5-11-19-30)33(42-37)28-38-24-29-16-8-4-9-17-29/h3-23,33-36H,1,24-28H2,2H3/t33?,34-,35-,36?,37+/m1/s1. The van der Waals surface area contributed by atoms with Crippen LogP contribution in [-0.4, -0.2) is 36.6 Å². The van der Waals surface area contributed by atoms with Crippen molar-refractivity contribution in [3.8, 4) is 0 Å². The van der Waals surface area contributed by atoms with Gasteiger partial charge in [-0.05, 0) is 29.2 Å². The van der Waals surface area contributed by atoms with Gasteiger partial charge in [0.1, 0.15) is 30.0 Å². The van der Waals surface area contributed by atoms with Crippen LogP contribution in [0.3, 0.4) is 0 Å². The van der Waals surface area contributed by atoms with Crippen LogP contribution in [-0.2, 0) is 50.1 Å². The molecule has 5 rings (SSSR count). The van der Waals surface area contributed by atoms with E-state index in [2.05, 4.69) is 55.1 Å². The SMILES string of the molecule is C=C[C@]1(C)OC(COCc2ccccc2)[C@@H](OCc2ccccc2)[C@@H](OCc2ccccc2)C1OCc1ccccc1. The molecule has 5 heteroatoms. The van der Waals surface area contributed by atoms with Crippen molar-refractivity contribution >= 4 is 0 Å². The quantitative estimate of drug-likeness (QED) is 0.150. The Bertz CT molecular complexity index is 1330. The first-order chi connectivity index (χ1) is 20.6. The molecule has 0 N–H and O–H groups in total. The number of rotatable bonds is 14. The molecule has 1 aliphatic heterocycles. The van der Waals surface area contributed by atoms with Gasteiger partial charge in [-0.1, -0.05) is 127 Å². The molecule has 0 radical (unpaired) electrons. The number of hydrogen-bond donors (Lipinski definition) is 0. The summed E-state index contributed by atoms with van der Waals surface area (Å²) in [5, 5.41) is 0. The smallest absolute Gasteiger partial charge is 0.119 e. The van der Waals surface area contributed by atoms with E-state index in [0.29, 0.717) is 33.0 Å². The summed E-state index contributed by atoms with van der Waals surface area (Å²) in [4.78, 5) is 0. The van der Waals surface area contributed by atoms with Crippen molar-refractivity contribution in [2.45, 2.75) is 63.4 Å². The van der Waals surface area contributed by atoms with Gasteiger partial charge in [-0.2, -0.15) is 0 Å². The van der Waals surface area contributed by atoms with Gasteiger partial charge < -0.3 is 23.7 Å². The van der Waals surface area contributed by atoms with Gasteiger partial charge in [0.05, 0.1) is 33.0 Å². The van der Waals surface area contributed by atoms with E-state index in [1.54, 1.807) is 0 Å². The van der Waals surface area contributed by atoms with E-state index < -0.39 is 30.0 Å². The van der Waals surface area contributed by atoms with Gasteiger partial charge in [-0.25, -0.2) is 0 Å². The summed E-state index contributed by atoms with van der Waals surface area (Å²) in [6, 6.07) is 40.6. The van der Waals surface area contributed by atoms with Crippen LogP contribution in [0.25, 0.3) is 0 Å². The van der Waals surface area contributed by atoms with Gasteiger partial charge in [-0.15, -0.1) is 6.58 Å². The van der Waals surface area contributed by atoms with Crippen LogP contribution >= 0.6 is 0 Å². The maximum atomic E-state index is 6.77. The second-order valence-corrected chi connectivity index (χ2v) is 10.8.